The highest BCUT2D eigenvalue weighted by atomic mass is 79.9. The Hall–Kier alpha value is 0.300. The monoisotopic (exact) mass is 293 g/mol. The Bertz CT molecular complexity index is 229. The molecule has 1 fully saturated rings. The summed E-state index contributed by atoms with van der Waals surface area (Å²) in [6, 6.07) is 0.245. The summed E-state index contributed by atoms with van der Waals surface area (Å²) in [5, 5.41) is 4.05. The molecule has 15 heavy (non-hydrogen) atoms. The number of alkyl halides is 1. The van der Waals surface area contributed by atoms with Gasteiger partial charge in [-0.15, -0.1) is 11.8 Å². The molecule has 0 spiro atoms. The van der Waals surface area contributed by atoms with Crippen molar-refractivity contribution in [1.29, 1.82) is 0 Å². The van der Waals surface area contributed by atoms with E-state index < -0.39 is 0 Å². The van der Waals surface area contributed by atoms with E-state index in [4.69, 9.17) is 0 Å². The first kappa shape index (κ1) is 13.4. The van der Waals surface area contributed by atoms with Gasteiger partial charge in [-0.05, 0) is 38.4 Å². The summed E-state index contributed by atoms with van der Waals surface area (Å²) in [5.41, 5.74) is 0. The summed E-state index contributed by atoms with van der Waals surface area (Å²) < 4.78 is -0.180. The third-order valence-electron chi connectivity index (χ3n) is 3.15. The fraction of sp³-hybridized carbons (Fsp3) is 0.909. The van der Waals surface area contributed by atoms with Crippen molar-refractivity contribution < 1.29 is 4.79 Å². The predicted molar refractivity (Wildman–Crippen MR) is 70.7 cm³/mol. The van der Waals surface area contributed by atoms with Gasteiger partial charge in [-0.3, -0.25) is 4.79 Å². The van der Waals surface area contributed by atoms with Crippen LogP contribution in [0, 0.1) is 5.92 Å². The van der Waals surface area contributed by atoms with Crippen LogP contribution in [0.2, 0.25) is 0 Å². The number of hydrogen-bond acceptors (Lipinski definition) is 2. The van der Waals surface area contributed by atoms with Crippen LogP contribution in [0.5, 0.6) is 0 Å². The van der Waals surface area contributed by atoms with Crippen LogP contribution in [-0.2, 0) is 4.79 Å². The van der Waals surface area contributed by atoms with Gasteiger partial charge in [-0.1, -0.05) is 22.9 Å². The Morgan fingerprint density at radius 3 is 2.73 bits per heavy atom. The average Bonchev–Trinajstić information content (AvgIpc) is 2.65. The van der Waals surface area contributed by atoms with Crippen LogP contribution in [0.15, 0.2) is 0 Å². The Labute approximate surface area is 105 Å². The topological polar surface area (TPSA) is 29.1 Å². The molecule has 0 aromatic heterocycles. The zero-order valence-corrected chi connectivity index (χ0v) is 12.1. The lowest BCUT2D eigenvalue weighted by molar-refractivity contribution is -0.124. The van der Waals surface area contributed by atoms with E-state index in [9.17, 15) is 4.79 Å². The molecule has 1 aliphatic heterocycles. The minimum atomic E-state index is -0.180. The quantitative estimate of drug-likeness (QED) is 0.808. The SMILES string of the molecule is CC(CBr)C(C)NC(=O)C1(C)CCCS1. The van der Waals surface area contributed by atoms with Crippen molar-refractivity contribution in [1.82, 2.24) is 5.32 Å². The molecule has 1 aliphatic rings. The number of thioether (sulfide) groups is 1. The second-order valence-corrected chi connectivity index (χ2v) is 6.82. The fourth-order valence-corrected chi connectivity index (χ4v) is 3.37. The van der Waals surface area contributed by atoms with Gasteiger partial charge < -0.3 is 5.32 Å². The summed E-state index contributed by atoms with van der Waals surface area (Å²) in [6.45, 7) is 6.28. The molecule has 0 aromatic rings. The molecule has 0 bridgehead atoms. The molecule has 0 aromatic carbocycles. The number of halogens is 1. The van der Waals surface area contributed by atoms with Crippen LogP contribution in [0.25, 0.3) is 0 Å². The van der Waals surface area contributed by atoms with Gasteiger partial charge in [0.25, 0.3) is 0 Å². The maximum absolute atomic E-state index is 12.1. The number of carbonyl (C=O) groups excluding carboxylic acids is 1. The van der Waals surface area contributed by atoms with Crippen molar-refractivity contribution in [2.24, 2.45) is 5.92 Å². The lowest BCUT2D eigenvalue weighted by Crippen LogP contribution is -2.46. The highest BCUT2D eigenvalue weighted by Crippen LogP contribution is 2.37. The Morgan fingerprint density at radius 2 is 2.27 bits per heavy atom. The largest absolute Gasteiger partial charge is 0.352 e. The van der Waals surface area contributed by atoms with E-state index in [2.05, 4.69) is 42.0 Å². The fourth-order valence-electron chi connectivity index (χ4n) is 1.59. The van der Waals surface area contributed by atoms with Gasteiger partial charge in [0.15, 0.2) is 0 Å². The maximum atomic E-state index is 12.1. The smallest absolute Gasteiger partial charge is 0.236 e. The van der Waals surface area contributed by atoms with E-state index in [1.54, 1.807) is 11.8 Å². The first-order chi connectivity index (χ1) is 6.99. The van der Waals surface area contributed by atoms with Crippen molar-refractivity contribution in [3.63, 3.8) is 0 Å². The molecule has 1 amide bonds. The molecule has 1 N–H and O–H groups in total. The number of amides is 1. The molecule has 3 unspecified atom stereocenters. The predicted octanol–water partition coefficient (Wildman–Crippen LogP) is 2.81. The van der Waals surface area contributed by atoms with Crippen molar-refractivity contribution in [2.45, 2.75) is 44.4 Å². The van der Waals surface area contributed by atoms with E-state index in [0.29, 0.717) is 5.92 Å². The molecule has 3 atom stereocenters. The maximum Gasteiger partial charge on any atom is 0.236 e. The molecule has 88 valence electrons. The first-order valence-electron chi connectivity index (χ1n) is 5.50. The van der Waals surface area contributed by atoms with Crippen LogP contribution in [0.4, 0.5) is 0 Å². The number of carbonyl (C=O) groups is 1. The number of rotatable bonds is 4. The molecule has 1 saturated heterocycles. The molecule has 1 heterocycles. The van der Waals surface area contributed by atoms with Crippen molar-refractivity contribution in [3.8, 4) is 0 Å². The molecular formula is C11H20BrNOS. The van der Waals surface area contributed by atoms with Gasteiger partial charge in [0, 0.05) is 11.4 Å². The van der Waals surface area contributed by atoms with E-state index in [0.717, 1.165) is 23.9 Å². The Balaban J connectivity index is 2.47. The normalized spacial score (nSPS) is 29.9. The average molecular weight is 294 g/mol. The van der Waals surface area contributed by atoms with Crippen LogP contribution in [0.3, 0.4) is 0 Å². The molecule has 2 nitrogen and oxygen atoms in total. The molecule has 0 aliphatic carbocycles. The molecule has 0 radical (unpaired) electrons. The third-order valence-corrected chi connectivity index (χ3v) is 5.70. The van der Waals surface area contributed by atoms with Crippen molar-refractivity contribution >= 4 is 33.6 Å². The van der Waals surface area contributed by atoms with E-state index in [1.807, 2.05) is 0 Å². The summed E-state index contributed by atoms with van der Waals surface area (Å²) in [4.78, 5) is 12.1. The van der Waals surface area contributed by atoms with Gasteiger partial charge in [0.05, 0.1) is 4.75 Å². The summed E-state index contributed by atoms with van der Waals surface area (Å²) >= 11 is 5.24. The van der Waals surface area contributed by atoms with E-state index in [-0.39, 0.29) is 16.7 Å². The van der Waals surface area contributed by atoms with Crippen molar-refractivity contribution in [3.05, 3.63) is 0 Å². The van der Waals surface area contributed by atoms with Crippen LogP contribution in [0.1, 0.15) is 33.6 Å². The number of nitrogens with one attached hydrogen (secondary N) is 1. The molecule has 4 heteroatoms. The van der Waals surface area contributed by atoms with Crippen molar-refractivity contribution in [2.75, 3.05) is 11.1 Å². The van der Waals surface area contributed by atoms with Gasteiger partial charge in [-0.25, -0.2) is 0 Å². The first-order valence-corrected chi connectivity index (χ1v) is 7.61. The standard InChI is InChI=1S/C11H20BrNOS/c1-8(7-12)9(2)13-10(14)11(3)5-4-6-15-11/h8-9H,4-7H2,1-3H3,(H,13,14). The second-order valence-electron chi connectivity index (χ2n) is 4.58. The highest BCUT2D eigenvalue weighted by molar-refractivity contribution is 9.09. The zero-order chi connectivity index (χ0) is 11.5. The highest BCUT2D eigenvalue weighted by Gasteiger charge is 2.37. The minimum absolute atomic E-state index is 0.180. The van der Waals surface area contributed by atoms with E-state index in [1.165, 1.54) is 0 Å². The summed E-state index contributed by atoms with van der Waals surface area (Å²) in [6.07, 6.45) is 2.18. The Morgan fingerprint density at radius 1 is 1.60 bits per heavy atom. The molecule has 1 rings (SSSR count). The lowest BCUT2D eigenvalue weighted by atomic mass is 10.0. The van der Waals surface area contributed by atoms with Gasteiger partial charge in [0.2, 0.25) is 5.91 Å². The summed E-state index contributed by atoms with van der Waals surface area (Å²) in [5.74, 6) is 1.81. The number of hydrogen-bond donors (Lipinski definition) is 1. The van der Waals surface area contributed by atoms with Gasteiger partial charge in [0.1, 0.15) is 0 Å². The van der Waals surface area contributed by atoms with E-state index >= 15 is 0 Å². The molecular weight excluding hydrogens is 274 g/mol. The van der Waals surface area contributed by atoms with Gasteiger partial charge in [-0.2, -0.15) is 0 Å². The van der Waals surface area contributed by atoms with Gasteiger partial charge >= 0.3 is 0 Å². The third kappa shape index (κ3) is 3.38. The van der Waals surface area contributed by atoms with Crippen LogP contribution in [-0.4, -0.2) is 27.8 Å². The Kier molecular flexibility index (Phi) is 4.97. The summed E-state index contributed by atoms with van der Waals surface area (Å²) in [7, 11) is 0. The lowest BCUT2D eigenvalue weighted by Gasteiger charge is -2.26. The molecule has 0 saturated carbocycles. The van der Waals surface area contributed by atoms with Crippen LogP contribution >= 0.6 is 27.7 Å². The minimum Gasteiger partial charge on any atom is -0.352 e. The second kappa shape index (κ2) is 5.58. The zero-order valence-electron chi connectivity index (χ0n) is 9.68. The van der Waals surface area contributed by atoms with Crippen LogP contribution < -0.4 is 5.32 Å².